The van der Waals surface area contributed by atoms with E-state index in [0.29, 0.717) is 18.8 Å². The third kappa shape index (κ3) is 5.83. The third-order valence-electron chi connectivity index (χ3n) is 2.91. The molecule has 1 aromatic rings. The molecule has 0 aliphatic carbocycles. The SMILES string of the molecule is CC(C)CC(N)C(=O)NC(C)Cc1ccc(F)cc1. The normalized spacial score (nSPS) is 14.2. The summed E-state index contributed by atoms with van der Waals surface area (Å²) in [6.07, 6.45) is 1.34. The van der Waals surface area contributed by atoms with Crippen LogP contribution < -0.4 is 11.1 Å². The van der Waals surface area contributed by atoms with Crippen LogP contribution in [0.25, 0.3) is 0 Å². The Labute approximate surface area is 114 Å². The van der Waals surface area contributed by atoms with Gasteiger partial charge in [-0.25, -0.2) is 4.39 Å². The van der Waals surface area contributed by atoms with Crippen LogP contribution in [-0.4, -0.2) is 18.0 Å². The summed E-state index contributed by atoms with van der Waals surface area (Å²) in [6, 6.07) is 5.83. The predicted octanol–water partition coefficient (Wildman–Crippen LogP) is 2.25. The highest BCUT2D eigenvalue weighted by Gasteiger charge is 2.16. The number of hydrogen-bond acceptors (Lipinski definition) is 2. The van der Waals surface area contributed by atoms with Gasteiger partial charge in [-0.05, 0) is 43.4 Å². The maximum Gasteiger partial charge on any atom is 0.237 e. The van der Waals surface area contributed by atoms with E-state index in [1.807, 2.05) is 20.8 Å². The van der Waals surface area contributed by atoms with Crippen molar-refractivity contribution in [3.8, 4) is 0 Å². The monoisotopic (exact) mass is 266 g/mol. The zero-order chi connectivity index (χ0) is 14.4. The van der Waals surface area contributed by atoms with Crippen molar-refractivity contribution < 1.29 is 9.18 Å². The first kappa shape index (κ1) is 15.6. The number of amides is 1. The Hall–Kier alpha value is -1.42. The largest absolute Gasteiger partial charge is 0.352 e. The molecule has 0 heterocycles. The Morgan fingerprint density at radius 3 is 2.37 bits per heavy atom. The predicted molar refractivity (Wildman–Crippen MR) is 75.1 cm³/mol. The number of nitrogens with two attached hydrogens (primary N) is 1. The van der Waals surface area contributed by atoms with Crippen molar-refractivity contribution in [2.24, 2.45) is 11.7 Å². The van der Waals surface area contributed by atoms with E-state index in [9.17, 15) is 9.18 Å². The Morgan fingerprint density at radius 1 is 1.26 bits per heavy atom. The highest BCUT2D eigenvalue weighted by Crippen LogP contribution is 2.07. The van der Waals surface area contributed by atoms with Gasteiger partial charge in [-0.3, -0.25) is 4.79 Å². The lowest BCUT2D eigenvalue weighted by Gasteiger charge is -2.18. The van der Waals surface area contributed by atoms with Crippen LogP contribution in [0.3, 0.4) is 0 Å². The molecule has 3 N–H and O–H groups in total. The fraction of sp³-hybridized carbons (Fsp3) is 0.533. The van der Waals surface area contributed by atoms with E-state index in [2.05, 4.69) is 5.32 Å². The Bertz CT molecular complexity index is 403. The summed E-state index contributed by atoms with van der Waals surface area (Å²) in [6.45, 7) is 5.99. The average Bonchev–Trinajstić information content (AvgIpc) is 2.31. The van der Waals surface area contributed by atoms with Crippen molar-refractivity contribution in [2.75, 3.05) is 0 Å². The topological polar surface area (TPSA) is 55.1 Å². The molecule has 19 heavy (non-hydrogen) atoms. The smallest absolute Gasteiger partial charge is 0.237 e. The maximum absolute atomic E-state index is 12.8. The van der Waals surface area contributed by atoms with Crippen LogP contribution >= 0.6 is 0 Å². The van der Waals surface area contributed by atoms with Crippen LogP contribution in [0.15, 0.2) is 24.3 Å². The van der Waals surface area contributed by atoms with Crippen LogP contribution in [0.4, 0.5) is 4.39 Å². The Morgan fingerprint density at radius 2 is 1.84 bits per heavy atom. The summed E-state index contributed by atoms with van der Waals surface area (Å²) in [5.41, 5.74) is 6.81. The van der Waals surface area contributed by atoms with E-state index in [1.165, 1.54) is 12.1 Å². The highest BCUT2D eigenvalue weighted by molar-refractivity contribution is 5.81. The lowest BCUT2D eigenvalue weighted by molar-refractivity contribution is -0.123. The van der Waals surface area contributed by atoms with E-state index >= 15 is 0 Å². The fourth-order valence-electron chi connectivity index (χ4n) is 1.99. The first-order chi connectivity index (χ1) is 8.88. The summed E-state index contributed by atoms with van der Waals surface area (Å²) < 4.78 is 12.8. The van der Waals surface area contributed by atoms with Gasteiger partial charge in [0.25, 0.3) is 0 Å². The molecule has 0 bridgehead atoms. The summed E-state index contributed by atoms with van der Waals surface area (Å²) in [5, 5.41) is 2.89. The zero-order valence-corrected chi connectivity index (χ0v) is 11.8. The van der Waals surface area contributed by atoms with Gasteiger partial charge in [0.2, 0.25) is 5.91 Å². The molecule has 0 spiro atoms. The minimum Gasteiger partial charge on any atom is -0.352 e. The van der Waals surface area contributed by atoms with Gasteiger partial charge in [-0.15, -0.1) is 0 Å². The molecule has 0 fully saturated rings. The van der Waals surface area contributed by atoms with E-state index in [4.69, 9.17) is 5.73 Å². The van der Waals surface area contributed by atoms with Crippen molar-refractivity contribution in [1.82, 2.24) is 5.32 Å². The number of benzene rings is 1. The molecule has 1 rings (SSSR count). The quantitative estimate of drug-likeness (QED) is 0.829. The van der Waals surface area contributed by atoms with Gasteiger partial charge < -0.3 is 11.1 Å². The van der Waals surface area contributed by atoms with Crippen molar-refractivity contribution in [1.29, 1.82) is 0 Å². The average molecular weight is 266 g/mol. The molecule has 2 atom stereocenters. The molecule has 0 aliphatic rings. The molecular formula is C15H23FN2O. The summed E-state index contributed by atoms with van der Waals surface area (Å²) in [4.78, 5) is 11.8. The van der Waals surface area contributed by atoms with E-state index in [-0.39, 0.29) is 17.8 Å². The van der Waals surface area contributed by atoms with Gasteiger partial charge in [0.05, 0.1) is 6.04 Å². The summed E-state index contributed by atoms with van der Waals surface area (Å²) in [5.74, 6) is 0.0239. The van der Waals surface area contributed by atoms with E-state index in [1.54, 1.807) is 12.1 Å². The van der Waals surface area contributed by atoms with Crippen molar-refractivity contribution in [3.63, 3.8) is 0 Å². The lowest BCUT2D eigenvalue weighted by Crippen LogP contribution is -2.45. The number of rotatable bonds is 6. The van der Waals surface area contributed by atoms with Crippen LogP contribution in [0.5, 0.6) is 0 Å². The molecular weight excluding hydrogens is 243 g/mol. The van der Waals surface area contributed by atoms with Gasteiger partial charge >= 0.3 is 0 Å². The molecule has 3 nitrogen and oxygen atoms in total. The van der Waals surface area contributed by atoms with Crippen LogP contribution in [-0.2, 0) is 11.2 Å². The van der Waals surface area contributed by atoms with E-state index < -0.39 is 6.04 Å². The van der Waals surface area contributed by atoms with Crippen molar-refractivity contribution in [2.45, 2.75) is 45.7 Å². The summed E-state index contributed by atoms with van der Waals surface area (Å²) in [7, 11) is 0. The van der Waals surface area contributed by atoms with Gasteiger partial charge in [-0.1, -0.05) is 26.0 Å². The number of carbonyl (C=O) groups excluding carboxylic acids is 1. The molecule has 0 aliphatic heterocycles. The molecule has 106 valence electrons. The number of carbonyl (C=O) groups is 1. The molecule has 0 saturated carbocycles. The lowest BCUT2D eigenvalue weighted by atomic mass is 10.0. The molecule has 1 amide bonds. The molecule has 4 heteroatoms. The Balaban J connectivity index is 2.44. The number of nitrogens with one attached hydrogen (secondary N) is 1. The molecule has 2 unspecified atom stereocenters. The number of halogens is 1. The first-order valence-electron chi connectivity index (χ1n) is 6.69. The zero-order valence-electron chi connectivity index (χ0n) is 11.8. The van der Waals surface area contributed by atoms with Crippen LogP contribution in [0.1, 0.15) is 32.8 Å². The molecule has 1 aromatic carbocycles. The van der Waals surface area contributed by atoms with Crippen LogP contribution in [0, 0.1) is 11.7 Å². The second-order valence-electron chi connectivity index (χ2n) is 5.48. The second-order valence-corrected chi connectivity index (χ2v) is 5.48. The van der Waals surface area contributed by atoms with Gasteiger partial charge in [0.1, 0.15) is 5.82 Å². The maximum atomic E-state index is 12.8. The molecule has 0 aromatic heterocycles. The third-order valence-corrected chi connectivity index (χ3v) is 2.91. The minimum atomic E-state index is -0.462. The van der Waals surface area contributed by atoms with Crippen molar-refractivity contribution in [3.05, 3.63) is 35.6 Å². The minimum absolute atomic E-state index is 0.0174. The molecule has 0 saturated heterocycles. The first-order valence-corrected chi connectivity index (χ1v) is 6.69. The molecule has 0 radical (unpaired) electrons. The number of hydrogen-bond donors (Lipinski definition) is 2. The standard InChI is InChI=1S/C15H23FN2O/c1-10(2)8-14(17)15(19)18-11(3)9-12-4-6-13(16)7-5-12/h4-7,10-11,14H,8-9,17H2,1-3H3,(H,18,19). The van der Waals surface area contributed by atoms with Gasteiger partial charge in [-0.2, -0.15) is 0 Å². The van der Waals surface area contributed by atoms with Gasteiger partial charge in [0, 0.05) is 6.04 Å². The highest BCUT2D eigenvalue weighted by atomic mass is 19.1. The van der Waals surface area contributed by atoms with Gasteiger partial charge in [0.15, 0.2) is 0 Å². The second kappa shape index (κ2) is 7.24. The summed E-state index contributed by atoms with van der Waals surface area (Å²) >= 11 is 0. The van der Waals surface area contributed by atoms with Crippen molar-refractivity contribution >= 4 is 5.91 Å². The van der Waals surface area contributed by atoms with E-state index in [0.717, 1.165) is 5.56 Å². The Kier molecular flexibility index (Phi) is 5.96. The fourth-order valence-corrected chi connectivity index (χ4v) is 1.99. The van der Waals surface area contributed by atoms with Crippen LogP contribution in [0.2, 0.25) is 0 Å².